The number of nitrogens with one attached hydrogen (secondary N) is 1. The summed E-state index contributed by atoms with van der Waals surface area (Å²) in [7, 11) is 1.66. The highest BCUT2D eigenvalue weighted by Crippen LogP contribution is 2.26. The number of urea groups is 1. The van der Waals surface area contributed by atoms with Crippen LogP contribution in [0.1, 0.15) is 24.2 Å². The fraction of sp³-hybridized carbons (Fsp3) is 0.444. The summed E-state index contributed by atoms with van der Waals surface area (Å²) in [6.45, 7) is 3.13. The number of nitrogens with zero attached hydrogens (tertiary/aromatic N) is 3. The maximum Gasteiger partial charge on any atom is 0.320 e. The van der Waals surface area contributed by atoms with Gasteiger partial charge in [-0.25, -0.2) is 9.78 Å². The van der Waals surface area contributed by atoms with Gasteiger partial charge < -0.3 is 19.5 Å². The molecule has 0 atom stereocenters. The fourth-order valence-electron chi connectivity index (χ4n) is 3.47. The molecule has 2 aliphatic rings. The smallest absolute Gasteiger partial charge is 0.320 e. The molecular weight excluding hydrogens is 304 g/mol. The van der Waals surface area contributed by atoms with E-state index in [4.69, 9.17) is 9.72 Å². The van der Waals surface area contributed by atoms with Crippen LogP contribution in [0.3, 0.4) is 0 Å². The molecule has 6 heteroatoms. The number of methoxy groups -OCH3 is 1. The van der Waals surface area contributed by atoms with Gasteiger partial charge in [0.15, 0.2) is 0 Å². The van der Waals surface area contributed by atoms with Crippen molar-refractivity contribution in [2.45, 2.75) is 25.8 Å². The topological polar surface area (TPSA) is 61.5 Å². The minimum atomic E-state index is 0.163. The lowest BCUT2D eigenvalue weighted by Gasteiger charge is -2.30. The molecule has 0 saturated carbocycles. The number of aromatic amines is 1. The van der Waals surface area contributed by atoms with E-state index in [9.17, 15) is 4.79 Å². The molecule has 0 unspecified atom stereocenters. The molecule has 1 aromatic carbocycles. The molecule has 4 rings (SSSR count). The number of aromatic nitrogens is 2. The fourth-order valence-corrected chi connectivity index (χ4v) is 3.47. The Kier molecular flexibility index (Phi) is 3.88. The minimum absolute atomic E-state index is 0.163. The summed E-state index contributed by atoms with van der Waals surface area (Å²) in [5.74, 6) is 1.65. The van der Waals surface area contributed by atoms with Crippen LogP contribution in [0, 0.1) is 0 Å². The Balaban J connectivity index is 1.54. The van der Waals surface area contributed by atoms with E-state index in [1.807, 2.05) is 34.1 Å². The van der Waals surface area contributed by atoms with Crippen molar-refractivity contribution in [3.8, 4) is 17.1 Å². The van der Waals surface area contributed by atoms with Gasteiger partial charge in [0.2, 0.25) is 0 Å². The first-order valence-corrected chi connectivity index (χ1v) is 8.50. The molecule has 0 bridgehead atoms. The van der Waals surface area contributed by atoms with Crippen LogP contribution in [0.2, 0.25) is 0 Å². The number of amides is 2. The lowest BCUT2D eigenvalue weighted by Crippen LogP contribution is -2.44. The average Bonchev–Trinajstić information content (AvgIpc) is 3.30. The van der Waals surface area contributed by atoms with E-state index in [0.717, 1.165) is 67.4 Å². The predicted molar refractivity (Wildman–Crippen MR) is 90.9 cm³/mol. The number of imidazole rings is 1. The molecule has 1 N–H and O–H groups in total. The van der Waals surface area contributed by atoms with Gasteiger partial charge in [-0.2, -0.15) is 0 Å². The summed E-state index contributed by atoms with van der Waals surface area (Å²) in [6.07, 6.45) is 3.04. The Hall–Kier alpha value is -2.50. The third-order valence-electron chi connectivity index (χ3n) is 4.82. The zero-order valence-electron chi connectivity index (χ0n) is 13.9. The normalized spacial score (nSPS) is 17.0. The summed E-state index contributed by atoms with van der Waals surface area (Å²) < 4.78 is 5.28. The molecule has 1 fully saturated rings. The summed E-state index contributed by atoms with van der Waals surface area (Å²) in [4.78, 5) is 24.6. The number of hydrogen-bond donors (Lipinski definition) is 1. The molecule has 6 nitrogen and oxygen atoms in total. The van der Waals surface area contributed by atoms with Crippen LogP contribution in [0.15, 0.2) is 24.3 Å². The van der Waals surface area contributed by atoms with Crippen molar-refractivity contribution in [2.24, 2.45) is 0 Å². The van der Waals surface area contributed by atoms with E-state index in [0.29, 0.717) is 6.54 Å². The predicted octanol–water partition coefficient (Wildman–Crippen LogP) is 2.66. The van der Waals surface area contributed by atoms with Crippen molar-refractivity contribution in [3.63, 3.8) is 0 Å². The van der Waals surface area contributed by atoms with Crippen molar-refractivity contribution in [1.29, 1.82) is 0 Å². The average molecular weight is 326 g/mol. The van der Waals surface area contributed by atoms with Gasteiger partial charge in [0, 0.05) is 31.6 Å². The summed E-state index contributed by atoms with van der Waals surface area (Å²) in [5.41, 5.74) is 3.12. The van der Waals surface area contributed by atoms with Gasteiger partial charge >= 0.3 is 6.03 Å². The Labute approximate surface area is 141 Å². The number of carbonyl (C=O) groups excluding carboxylic acids is 1. The van der Waals surface area contributed by atoms with E-state index in [1.165, 1.54) is 0 Å². The first kappa shape index (κ1) is 15.1. The number of hydrogen-bond acceptors (Lipinski definition) is 3. The molecular formula is C18H22N4O2. The summed E-state index contributed by atoms with van der Waals surface area (Å²) in [6, 6.07) is 8.02. The lowest BCUT2D eigenvalue weighted by molar-refractivity contribution is 0.156. The Morgan fingerprint density at radius 3 is 2.83 bits per heavy atom. The van der Waals surface area contributed by atoms with Gasteiger partial charge in [-0.3, -0.25) is 0 Å². The van der Waals surface area contributed by atoms with Gasteiger partial charge in [-0.05, 0) is 25.0 Å². The van der Waals surface area contributed by atoms with E-state index >= 15 is 0 Å². The monoisotopic (exact) mass is 326 g/mol. The lowest BCUT2D eigenvalue weighted by atomic mass is 10.1. The number of rotatable bonds is 2. The van der Waals surface area contributed by atoms with Gasteiger partial charge in [0.25, 0.3) is 0 Å². The van der Waals surface area contributed by atoms with Gasteiger partial charge in [0.1, 0.15) is 11.6 Å². The second kappa shape index (κ2) is 6.19. The Bertz CT molecular complexity index is 749. The molecule has 1 aromatic heterocycles. The zero-order valence-corrected chi connectivity index (χ0v) is 13.9. The zero-order chi connectivity index (χ0) is 16.5. The highest BCUT2D eigenvalue weighted by molar-refractivity contribution is 5.75. The van der Waals surface area contributed by atoms with E-state index in [1.54, 1.807) is 7.11 Å². The third kappa shape index (κ3) is 2.72. The molecule has 24 heavy (non-hydrogen) atoms. The summed E-state index contributed by atoms with van der Waals surface area (Å²) in [5, 5.41) is 0. The van der Waals surface area contributed by atoms with Crippen LogP contribution < -0.4 is 4.74 Å². The molecule has 126 valence electrons. The first-order valence-electron chi connectivity index (χ1n) is 8.50. The Morgan fingerprint density at radius 1 is 1.21 bits per heavy atom. The number of ether oxygens (including phenoxy) is 1. The van der Waals surface area contributed by atoms with E-state index in [-0.39, 0.29) is 6.03 Å². The summed E-state index contributed by atoms with van der Waals surface area (Å²) >= 11 is 0. The van der Waals surface area contributed by atoms with Crippen molar-refractivity contribution in [3.05, 3.63) is 35.7 Å². The molecule has 2 amide bonds. The molecule has 2 aliphatic heterocycles. The SMILES string of the molecule is COc1cccc(-c2nc3c([nH]2)CN(C(=O)N2CCCC2)CC3)c1. The van der Waals surface area contributed by atoms with Crippen LogP contribution in [0.4, 0.5) is 4.79 Å². The van der Waals surface area contributed by atoms with Crippen molar-refractivity contribution < 1.29 is 9.53 Å². The molecule has 2 aromatic rings. The minimum Gasteiger partial charge on any atom is -0.497 e. The van der Waals surface area contributed by atoms with Crippen LogP contribution in [-0.4, -0.2) is 52.5 Å². The Morgan fingerprint density at radius 2 is 2.04 bits per heavy atom. The van der Waals surface area contributed by atoms with Crippen LogP contribution in [-0.2, 0) is 13.0 Å². The van der Waals surface area contributed by atoms with Gasteiger partial charge in [-0.1, -0.05) is 12.1 Å². The number of benzene rings is 1. The molecule has 0 spiro atoms. The maximum absolute atomic E-state index is 12.6. The standard InChI is InChI=1S/C18H22N4O2/c1-24-14-6-4-5-13(11-14)17-19-15-7-10-22(12-16(15)20-17)18(23)21-8-2-3-9-21/h4-6,11H,2-3,7-10,12H2,1H3,(H,19,20). The van der Waals surface area contributed by atoms with E-state index < -0.39 is 0 Å². The largest absolute Gasteiger partial charge is 0.497 e. The molecule has 1 saturated heterocycles. The highest BCUT2D eigenvalue weighted by Gasteiger charge is 2.28. The van der Waals surface area contributed by atoms with Gasteiger partial charge in [-0.15, -0.1) is 0 Å². The quantitative estimate of drug-likeness (QED) is 0.923. The number of H-pyrrole nitrogens is 1. The maximum atomic E-state index is 12.6. The highest BCUT2D eigenvalue weighted by atomic mass is 16.5. The van der Waals surface area contributed by atoms with E-state index in [2.05, 4.69) is 4.98 Å². The third-order valence-corrected chi connectivity index (χ3v) is 4.82. The van der Waals surface area contributed by atoms with Crippen molar-refractivity contribution in [2.75, 3.05) is 26.7 Å². The molecule has 0 aliphatic carbocycles. The van der Waals surface area contributed by atoms with Crippen molar-refractivity contribution in [1.82, 2.24) is 19.8 Å². The second-order valence-corrected chi connectivity index (χ2v) is 6.39. The number of fused-ring (bicyclic) bond motifs is 1. The molecule has 0 radical (unpaired) electrons. The first-order chi connectivity index (χ1) is 11.7. The number of carbonyl (C=O) groups is 1. The van der Waals surface area contributed by atoms with Gasteiger partial charge in [0.05, 0.1) is 25.0 Å². The van der Waals surface area contributed by atoms with Crippen LogP contribution >= 0.6 is 0 Å². The number of likely N-dealkylation sites (tertiary alicyclic amines) is 1. The molecule has 3 heterocycles. The van der Waals surface area contributed by atoms with Crippen molar-refractivity contribution >= 4 is 6.03 Å². The van der Waals surface area contributed by atoms with Crippen LogP contribution in [0.5, 0.6) is 5.75 Å². The second-order valence-electron chi connectivity index (χ2n) is 6.39. The van der Waals surface area contributed by atoms with Crippen LogP contribution in [0.25, 0.3) is 11.4 Å².